The van der Waals surface area contributed by atoms with E-state index in [2.05, 4.69) is 15.3 Å². The molecule has 0 saturated carbocycles. The Morgan fingerprint density at radius 1 is 1.38 bits per heavy atom. The number of thiazole rings is 1. The molecule has 0 aliphatic heterocycles. The van der Waals surface area contributed by atoms with E-state index in [9.17, 15) is 9.90 Å². The van der Waals surface area contributed by atoms with Crippen molar-refractivity contribution < 1.29 is 9.90 Å². The number of aryl methyl sites for hydroxylation is 1. The van der Waals surface area contributed by atoms with Gasteiger partial charge in [0.2, 0.25) is 0 Å². The summed E-state index contributed by atoms with van der Waals surface area (Å²) >= 11 is 1.59. The van der Waals surface area contributed by atoms with Crippen LogP contribution >= 0.6 is 11.3 Å². The summed E-state index contributed by atoms with van der Waals surface area (Å²) in [6.07, 6.45) is 3.40. The van der Waals surface area contributed by atoms with Crippen LogP contribution in [0.4, 0.5) is 10.5 Å². The van der Waals surface area contributed by atoms with Gasteiger partial charge >= 0.3 is 6.03 Å². The average Bonchev–Trinajstić information content (AvgIpc) is 2.94. The molecule has 6 nitrogen and oxygen atoms in total. The number of fused-ring (bicyclic) bond motifs is 1. The summed E-state index contributed by atoms with van der Waals surface area (Å²) in [6, 6.07) is 9.11. The van der Waals surface area contributed by atoms with Gasteiger partial charge in [-0.05, 0) is 36.8 Å². The summed E-state index contributed by atoms with van der Waals surface area (Å²) in [5, 5.41) is 13.1. The number of aliphatic hydroxyl groups excluding tert-OH is 1. The molecule has 2 heterocycles. The Morgan fingerprint density at radius 2 is 2.25 bits per heavy atom. The molecule has 0 atom stereocenters. The van der Waals surface area contributed by atoms with Crippen molar-refractivity contribution in [3.8, 4) is 0 Å². The third kappa shape index (κ3) is 3.87. The number of aromatic nitrogens is 2. The predicted molar refractivity (Wildman–Crippen MR) is 95.1 cm³/mol. The van der Waals surface area contributed by atoms with Crippen LogP contribution in [0.2, 0.25) is 0 Å². The number of carbonyl (C=O) groups excluding carboxylic acids is 1. The molecule has 7 heteroatoms. The first-order valence-electron chi connectivity index (χ1n) is 7.58. The molecule has 2 aromatic heterocycles. The highest BCUT2D eigenvalue weighted by atomic mass is 32.1. The van der Waals surface area contributed by atoms with Gasteiger partial charge < -0.3 is 15.3 Å². The highest BCUT2D eigenvalue weighted by Gasteiger charge is 2.14. The Bertz CT molecular complexity index is 835. The van der Waals surface area contributed by atoms with Gasteiger partial charge in [0.1, 0.15) is 0 Å². The van der Waals surface area contributed by atoms with Crippen LogP contribution in [0.1, 0.15) is 10.6 Å². The van der Waals surface area contributed by atoms with Gasteiger partial charge in [0.05, 0.1) is 21.8 Å². The smallest absolute Gasteiger partial charge is 0.322 e. The molecular formula is C17H18N4O2S. The van der Waals surface area contributed by atoms with E-state index < -0.39 is 0 Å². The van der Waals surface area contributed by atoms with Gasteiger partial charge in [-0.1, -0.05) is 6.07 Å². The zero-order chi connectivity index (χ0) is 16.9. The summed E-state index contributed by atoms with van der Waals surface area (Å²) in [5.41, 5.74) is 2.55. The second kappa shape index (κ2) is 7.37. The molecule has 0 unspecified atom stereocenters. The highest BCUT2D eigenvalue weighted by molar-refractivity contribution is 7.18. The minimum atomic E-state index is -0.256. The molecule has 24 heavy (non-hydrogen) atoms. The molecule has 0 spiro atoms. The number of nitrogens with zero attached hydrogens (tertiary/aromatic N) is 3. The zero-order valence-electron chi connectivity index (χ0n) is 13.3. The highest BCUT2D eigenvalue weighted by Crippen LogP contribution is 2.25. The number of benzene rings is 1. The minimum Gasteiger partial charge on any atom is -0.395 e. The lowest BCUT2D eigenvalue weighted by Gasteiger charge is -2.22. The van der Waals surface area contributed by atoms with E-state index in [4.69, 9.17) is 0 Å². The Hall–Kier alpha value is -2.51. The Morgan fingerprint density at radius 3 is 3.00 bits per heavy atom. The first-order valence-corrected chi connectivity index (χ1v) is 8.40. The van der Waals surface area contributed by atoms with Gasteiger partial charge in [0.15, 0.2) is 0 Å². The second-order valence-corrected chi connectivity index (χ2v) is 6.59. The number of nitrogens with one attached hydrogen (secondary N) is 1. The van der Waals surface area contributed by atoms with Crippen molar-refractivity contribution >= 4 is 33.3 Å². The van der Waals surface area contributed by atoms with E-state index in [0.717, 1.165) is 20.8 Å². The summed E-state index contributed by atoms with van der Waals surface area (Å²) in [4.78, 5) is 22.5. The molecule has 0 fully saturated rings. The van der Waals surface area contributed by atoms with Crippen molar-refractivity contribution in [2.75, 3.05) is 18.5 Å². The minimum absolute atomic E-state index is 0.0965. The lowest BCUT2D eigenvalue weighted by atomic mass is 10.2. The molecule has 0 aliphatic carbocycles. The largest absolute Gasteiger partial charge is 0.395 e. The van der Waals surface area contributed by atoms with Crippen LogP contribution in [-0.4, -0.2) is 39.2 Å². The molecule has 3 aromatic rings. The molecular weight excluding hydrogens is 324 g/mol. The van der Waals surface area contributed by atoms with E-state index in [1.165, 1.54) is 0 Å². The molecule has 0 radical (unpaired) electrons. The van der Waals surface area contributed by atoms with E-state index in [1.54, 1.807) is 28.6 Å². The van der Waals surface area contributed by atoms with E-state index >= 15 is 0 Å². The number of amides is 2. The normalized spacial score (nSPS) is 10.8. The fraction of sp³-hybridized carbons (Fsp3) is 0.235. The fourth-order valence-corrected chi connectivity index (χ4v) is 3.27. The van der Waals surface area contributed by atoms with E-state index in [-0.39, 0.29) is 19.2 Å². The van der Waals surface area contributed by atoms with Crippen LogP contribution in [0.25, 0.3) is 10.2 Å². The molecule has 3 rings (SSSR count). The maximum Gasteiger partial charge on any atom is 0.322 e. The van der Waals surface area contributed by atoms with Crippen molar-refractivity contribution in [1.29, 1.82) is 0 Å². The Labute approximate surface area is 143 Å². The maximum absolute atomic E-state index is 12.5. The van der Waals surface area contributed by atoms with Crippen molar-refractivity contribution in [2.24, 2.45) is 0 Å². The SMILES string of the molecule is Cc1nc2ccc(NC(=O)N(CCO)Cc3cccnc3)cc2s1. The van der Waals surface area contributed by atoms with Crippen molar-refractivity contribution in [3.63, 3.8) is 0 Å². The number of hydrogen-bond donors (Lipinski definition) is 2. The summed E-state index contributed by atoms with van der Waals surface area (Å²) in [7, 11) is 0. The topological polar surface area (TPSA) is 78.4 Å². The van der Waals surface area contributed by atoms with Crippen molar-refractivity contribution in [2.45, 2.75) is 13.5 Å². The average molecular weight is 342 g/mol. The summed E-state index contributed by atoms with van der Waals surface area (Å²) < 4.78 is 1.03. The van der Waals surface area contributed by atoms with Crippen LogP contribution in [0.5, 0.6) is 0 Å². The van der Waals surface area contributed by atoms with Crippen LogP contribution in [-0.2, 0) is 6.54 Å². The van der Waals surface area contributed by atoms with Gasteiger partial charge in [-0.25, -0.2) is 9.78 Å². The van der Waals surface area contributed by atoms with Gasteiger partial charge in [-0.2, -0.15) is 0 Å². The number of hydrogen-bond acceptors (Lipinski definition) is 5. The molecule has 1 aromatic carbocycles. The molecule has 124 valence electrons. The maximum atomic E-state index is 12.5. The predicted octanol–water partition coefficient (Wildman–Crippen LogP) is 3.03. The van der Waals surface area contributed by atoms with Gasteiger partial charge in [0, 0.05) is 31.2 Å². The summed E-state index contributed by atoms with van der Waals surface area (Å²) in [5.74, 6) is 0. The Kier molecular flexibility index (Phi) is 5.02. The van der Waals surface area contributed by atoms with Crippen LogP contribution < -0.4 is 5.32 Å². The van der Waals surface area contributed by atoms with Crippen molar-refractivity contribution in [1.82, 2.24) is 14.9 Å². The van der Waals surface area contributed by atoms with Crippen molar-refractivity contribution in [3.05, 3.63) is 53.3 Å². The van der Waals surface area contributed by atoms with E-state index in [0.29, 0.717) is 12.2 Å². The number of aliphatic hydroxyl groups is 1. The molecule has 0 saturated heterocycles. The molecule has 0 aliphatic rings. The van der Waals surface area contributed by atoms with Gasteiger partial charge in [0.25, 0.3) is 0 Å². The third-order valence-corrected chi connectivity index (χ3v) is 4.43. The third-order valence-electron chi connectivity index (χ3n) is 3.50. The number of anilines is 1. The Balaban J connectivity index is 1.73. The monoisotopic (exact) mass is 342 g/mol. The summed E-state index contributed by atoms with van der Waals surface area (Å²) in [6.45, 7) is 2.51. The molecule has 2 N–H and O–H groups in total. The lowest BCUT2D eigenvalue weighted by Crippen LogP contribution is -2.36. The van der Waals surface area contributed by atoms with Gasteiger partial charge in [-0.3, -0.25) is 4.98 Å². The number of carbonyl (C=O) groups is 1. The first kappa shape index (κ1) is 16.4. The fourth-order valence-electron chi connectivity index (χ4n) is 2.41. The lowest BCUT2D eigenvalue weighted by molar-refractivity contribution is 0.185. The number of rotatable bonds is 5. The molecule has 2 amide bonds. The molecule has 0 bridgehead atoms. The van der Waals surface area contributed by atoms with Crippen LogP contribution in [0.3, 0.4) is 0 Å². The standard InChI is InChI=1S/C17H18N4O2S/c1-12-19-15-5-4-14(9-16(15)24-12)20-17(23)21(7-8-22)11-13-3-2-6-18-10-13/h2-6,9-10,22H,7-8,11H2,1H3,(H,20,23). The zero-order valence-corrected chi connectivity index (χ0v) is 14.1. The van der Waals surface area contributed by atoms with E-state index in [1.807, 2.05) is 37.3 Å². The number of pyridine rings is 1. The number of urea groups is 1. The van der Waals surface area contributed by atoms with Crippen LogP contribution in [0, 0.1) is 6.92 Å². The second-order valence-electron chi connectivity index (χ2n) is 5.35. The van der Waals surface area contributed by atoms with Crippen LogP contribution in [0.15, 0.2) is 42.7 Å². The quantitative estimate of drug-likeness (QED) is 0.747. The first-order chi connectivity index (χ1) is 11.7. The van der Waals surface area contributed by atoms with Gasteiger partial charge in [-0.15, -0.1) is 11.3 Å².